The van der Waals surface area contributed by atoms with Crippen molar-refractivity contribution in [3.05, 3.63) is 0 Å². The van der Waals surface area contributed by atoms with Crippen LogP contribution in [0.25, 0.3) is 0 Å². The maximum Gasteiger partial charge on any atom is 0.0815 e. The van der Waals surface area contributed by atoms with Gasteiger partial charge in [0.15, 0.2) is 0 Å². The third-order valence-corrected chi connectivity index (χ3v) is 4.43. The number of nitrogens with zero attached hydrogens (tertiary/aromatic N) is 1. The lowest BCUT2D eigenvalue weighted by molar-refractivity contribution is -0.0626. The van der Waals surface area contributed by atoms with Crippen molar-refractivity contribution in [1.29, 1.82) is 0 Å². The number of likely N-dealkylation sites (tertiary alicyclic amines) is 1. The molecule has 0 bridgehead atoms. The molecule has 0 spiro atoms. The van der Waals surface area contributed by atoms with Crippen LogP contribution in [0.1, 0.15) is 32.1 Å². The van der Waals surface area contributed by atoms with Crippen LogP contribution in [0.4, 0.5) is 0 Å². The van der Waals surface area contributed by atoms with Crippen LogP contribution in [0.15, 0.2) is 0 Å². The number of hydrogen-bond acceptors (Lipinski definition) is 4. The predicted molar refractivity (Wildman–Crippen MR) is 66.0 cm³/mol. The largest absolute Gasteiger partial charge is 0.388 e. The molecule has 1 saturated carbocycles. The zero-order valence-electron chi connectivity index (χ0n) is 10.5. The molecule has 0 radical (unpaired) electrons. The summed E-state index contributed by atoms with van der Waals surface area (Å²) < 4.78 is 5.30. The van der Waals surface area contributed by atoms with Gasteiger partial charge in [-0.15, -0.1) is 0 Å². The number of rotatable bonds is 4. The number of hydrogen-bond donors (Lipinski definition) is 2. The van der Waals surface area contributed by atoms with Crippen molar-refractivity contribution in [3.63, 3.8) is 0 Å². The lowest BCUT2D eigenvalue weighted by Crippen LogP contribution is -2.48. The first-order chi connectivity index (χ1) is 8.25. The lowest BCUT2D eigenvalue weighted by Gasteiger charge is -2.33. The fourth-order valence-corrected chi connectivity index (χ4v) is 2.99. The van der Waals surface area contributed by atoms with Crippen LogP contribution in [0.5, 0.6) is 0 Å². The Hall–Kier alpha value is -0.160. The quantitative estimate of drug-likeness (QED) is 0.744. The number of nitrogens with one attached hydrogen (secondary N) is 1. The Labute approximate surface area is 103 Å². The standard InChI is InChI=1S/C13H24N2O2/c16-13(4-7-17-8-5-13)10-14-11-3-6-15(9-11)12-1-2-12/h11-12,14,16H,1-10H2. The van der Waals surface area contributed by atoms with Gasteiger partial charge in [-0.25, -0.2) is 0 Å². The molecule has 4 nitrogen and oxygen atoms in total. The van der Waals surface area contributed by atoms with Gasteiger partial charge in [-0.3, -0.25) is 4.90 Å². The first kappa shape index (κ1) is 11.9. The average molecular weight is 240 g/mol. The molecule has 17 heavy (non-hydrogen) atoms. The highest BCUT2D eigenvalue weighted by Crippen LogP contribution is 2.30. The molecular formula is C13H24N2O2. The Bertz CT molecular complexity index is 262. The lowest BCUT2D eigenvalue weighted by atomic mass is 9.94. The smallest absolute Gasteiger partial charge is 0.0815 e. The Morgan fingerprint density at radius 2 is 2.00 bits per heavy atom. The first-order valence-electron chi connectivity index (χ1n) is 7.03. The molecule has 3 aliphatic rings. The van der Waals surface area contributed by atoms with E-state index in [-0.39, 0.29) is 0 Å². The highest BCUT2D eigenvalue weighted by molar-refractivity contribution is 4.93. The van der Waals surface area contributed by atoms with E-state index in [1.165, 1.54) is 32.4 Å². The molecule has 1 atom stereocenters. The highest BCUT2D eigenvalue weighted by atomic mass is 16.5. The fraction of sp³-hybridized carbons (Fsp3) is 1.00. The zero-order chi connectivity index (χ0) is 11.7. The van der Waals surface area contributed by atoms with Gasteiger partial charge in [-0.05, 0) is 19.3 Å². The van der Waals surface area contributed by atoms with Gasteiger partial charge in [-0.1, -0.05) is 0 Å². The monoisotopic (exact) mass is 240 g/mol. The molecule has 2 N–H and O–H groups in total. The van der Waals surface area contributed by atoms with Crippen LogP contribution < -0.4 is 5.32 Å². The van der Waals surface area contributed by atoms with Crippen LogP contribution in [0, 0.1) is 0 Å². The first-order valence-corrected chi connectivity index (χ1v) is 7.03. The Morgan fingerprint density at radius 3 is 2.71 bits per heavy atom. The van der Waals surface area contributed by atoms with Crippen LogP contribution in [-0.2, 0) is 4.74 Å². The molecule has 3 rings (SSSR count). The molecule has 1 unspecified atom stereocenters. The second kappa shape index (κ2) is 4.84. The maximum atomic E-state index is 10.4. The molecular weight excluding hydrogens is 216 g/mol. The maximum absolute atomic E-state index is 10.4. The van der Waals surface area contributed by atoms with Crippen molar-refractivity contribution < 1.29 is 9.84 Å². The molecule has 2 heterocycles. The van der Waals surface area contributed by atoms with Gasteiger partial charge in [0.25, 0.3) is 0 Å². The van der Waals surface area contributed by atoms with E-state index in [4.69, 9.17) is 4.74 Å². The van der Waals surface area contributed by atoms with Gasteiger partial charge in [-0.2, -0.15) is 0 Å². The second-order valence-electron chi connectivity index (χ2n) is 5.93. The van der Waals surface area contributed by atoms with Gasteiger partial charge >= 0.3 is 0 Å². The summed E-state index contributed by atoms with van der Waals surface area (Å²) >= 11 is 0. The van der Waals surface area contributed by atoms with E-state index in [9.17, 15) is 5.11 Å². The third-order valence-electron chi connectivity index (χ3n) is 4.43. The van der Waals surface area contributed by atoms with Crippen molar-refractivity contribution >= 4 is 0 Å². The van der Waals surface area contributed by atoms with Crippen molar-refractivity contribution in [2.45, 2.75) is 49.8 Å². The summed E-state index contributed by atoms with van der Waals surface area (Å²) in [5.41, 5.74) is -0.523. The van der Waals surface area contributed by atoms with E-state index < -0.39 is 5.60 Å². The highest BCUT2D eigenvalue weighted by Gasteiger charge is 2.36. The molecule has 0 aromatic carbocycles. The Balaban J connectivity index is 1.41. The summed E-state index contributed by atoms with van der Waals surface area (Å²) in [5.74, 6) is 0. The average Bonchev–Trinajstić information content (AvgIpc) is 3.07. The molecule has 1 aliphatic carbocycles. The minimum atomic E-state index is -0.523. The molecule has 0 amide bonds. The van der Waals surface area contributed by atoms with E-state index in [2.05, 4.69) is 10.2 Å². The van der Waals surface area contributed by atoms with Crippen molar-refractivity contribution in [2.75, 3.05) is 32.8 Å². The summed E-state index contributed by atoms with van der Waals surface area (Å²) in [4.78, 5) is 2.60. The second-order valence-corrected chi connectivity index (χ2v) is 5.93. The van der Waals surface area contributed by atoms with Crippen molar-refractivity contribution in [1.82, 2.24) is 10.2 Å². The van der Waals surface area contributed by atoms with E-state index in [1.54, 1.807) is 0 Å². The molecule has 0 aromatic rings. The molecule has 0 aromatic heterocycles. The van der Waals surface area contributed by atoms with Crippen molar-refractivity contribution in [3.8, 4) is 0 Å². The molecule has 3 fully saturated rings. The summed E-state index contributed by atoms with van der Waals surface area (Å²) in [5, 5.41) is 13.9. The Kier molecular flexibility index (Phi) is 3.39. The normalized spacial score (nSPS) is 34.1. The van der Waals surface area contributed by atoms with Gasteiger partial charge in [0.2, 0.25) is 0 Å². The van der Waals surface area contributed by atoms with E-state index in [0.29, 0.717) is 19.3 Å². The van der Waals surface area contributed by atoms with E-state index in [1.807, 2.05) is 0 Å². The van der Waals surface area contributed by atoms with Crippen LogP contribution in [-0.4, -0.2) is 60.5 Å². The summed E-state index contributed by atoms with van der Waals surface area (Å²) in [6.07, 6.45) is 5.59. The fourth-order valence-electron chi connectivity index (χ4n) is 2.99. The third kappa shape index (κ3) is 2.99. The summed E-state index contributed by atoms with van der Waals surface area (Å²) in [7, 11) is 0. The van der Waals surface area contributed by atoms with Gasteiger partial charge in [0.05, 0.1) is 5.60 Å². The SMILES string of the molecule is OC1(CNC2CCN(C3CC3)C2)CCOCC1. The molecule has 2 aliphatic heterocycles. The molecule has 98 valence electrons. The molecule has 2 saturated heterocycles. The van der Waals surface area contributed by atoms with Gasteiger partial charge in [0.1, 0.15) is 0 Å². The van der Waals surface area contributed by atoms with Crippen LogP contribution >= 0.6 is 0 Å². The van der Waals surface area contributed by atoms with E-state index >= 15 is 0 Å². The minimum absolute atomic E-state index is 0.523. The van der Waals surface area contributed by atoms with Gasteiger partial charge in [0, 0.05) is 57.8 Å². The number of ether oxygens (including phenoxy) is 1. The number of aliphatic hydroxyl groups is 1. The van der Waals surface area contributed by atoms with Crippen molar-refractivity contribution in [2.24, 2.45) is 0 Å². The summed E-state index contributed by atoms with van der Waals surface area (Å²) in [6, 6.07) is 1.47. The predicted octanol–water partition coefficient (Wildman–Crippen LogP) is 0.354. The summed E-state index contributed by atoms with van der Waals surface area (Å²) in [6.45, 7) is 4.56. The topological polar surface area (TPSA) is 44.7 Å². The zero-order valence-corrected chi connectivity index (χ0v) is 10.5. The Morgan fingerprint density at radius 1 is 1.24 bits per heavy atom. The minimum Gasteiger partial charge on any atom is -0.388 e. The van der Waals surface area contributed by atoms with Crippen LogP contribution in [0.2, 0.25) is 0 Å². The van der Waals surface area contributed by atoms with Gasteiger partial charge < -0.3 is 15.2 Å². The van der Waals surface area contributed by atoms with Crippen LogP contribution in [0.3, 0.4) is 0 Å². The van der Waals surface area contributed by atoms with E-state index in [0.717, 1.165) is 25.4 Å². The molecule has 4 heteroatoms.